The van der Waals surface area contributed by atoms with Crippen molar-refractivity contribution in [3.63, 3.8) is 0 Å². The third-order valence-corrected chi connectivity index (χ3v) is 5.05. The maximum atomic E-state index is 12.7. The number of ether oxygens (including phenoxy) is 3. The summed E-state index contributed by atoms with van der Waals surface area (Å²) in [5, 5.41) is 12.7. The molecule has 32 heavy (non-hydrogen) atoms. The first-order valence-corrected chi connectivity index (χ1v) is 10.6. The molecule has 2 aromatic rings. The number of hydrogen-bond acceptors (Lipinski definition) is 6. The van der Waals surface area contributed by atoms with E-state index in [4.69, 9.17) is 25.8 Å². The minimum absolute atomic E-state index is 0.0660. The Hall–Kier alpha value is -2.65. The summed E-state index contributed by atoms with van der Waals surface area (Å²) in [4.78, 5) is 25.1. The minimum atomic E-state index is -0.627. The summed E-state index contributed by atoms with van der Waals surface area (Å²) in [6.07, 6.45) is 0.567. The van der Waals surface area contributed by atoms with E-state index in [-0.39, 0.29) is 25.7 Å². The fraction of sp³-hybridized carbons (Fsp3) is 0.391. The van der Waals surface area contributed by atoms with Crippen LogP contribution in [0.4, 0.5) is 0 Å². The highest BCUT2D eigenvalue weighted by Crippen LogP contribution is 2.20. The third-order valence-electron chi connectivity index (χ3n) is 4.80. The molecule has 2 rings (SSSR count). The largest absolute Gasteiger partial charge is 0.497 e. The number of amides is 2. The normalized spacial score (nSPS) is 12.6. The van der Waals surface area contributed by atoms with Gasteiger partial charge in [-0.15, -0.1) is 0 Å². The Bertz CT molecular complexity index is 862. The standard InChI is InChI=1S/C23H29ClN2O6/c1-3-31-15-32-14-20(25-22(27)17-7-9-19(24)10-8-17)13-18(23(28)26-29)11-16-5-4-6-21(12-16)30-2/h4-10,12,18,20,29H,3,11,13-15H2,1-2H3,(H,25,27)(H,26,28). The van der Waals surface area contributed by atoms with Crippen molar-refractivity contribution in [3.8, 4) is 5.75 Å². The van der Waals surface area contributed by atoms with Crippen LogP contribution in [0.2, 0.25) is 5.02 Å². The number of benzene rings is 2. The van der Waals surface area contributed by atoms with Gasteiger partial charge in [0.05, 0.1) is 19.8 Å². The molecule has 0 saturated heterocycles. The summed E-state index contributed by atoms with van der Waals surface area (Å²) < 4.78 is 16.0. The molecular weight excluding hydrogens is 436 g/mol. The lowest BCUT2D eigenvalue weighted by atomic mass is 9.92. The molecule has 8 nitrogen and oxygen atoms in total. The molecular formula is C23H29ClN2O6. The molecule has 0 fully saturated rings. The van der Waals surface area contributed by atoms with Crippen molar-refractivity contribution in [2.45, 2.75) is 25.8 Å². The van der Waals surface area contributed by atoms with Gasteiger partial charge in [-0.25, -0.2) is 5.48 Å². The second-order valence-electron chi connectivity index (χ2n) is 7.12. The minimum Gasteiger partial charge on any atom is -0.497 e. The molecule has 0 radical (unpaired) electrons. The van der Waals surface area contributed by atoms with Crippen LogP contribution < -0.4 is 15.5 Å². The second kappa shape index (κ2) is 13.7. The molecule has 0 aromatic heterocycles. The van der Waals surface area contributed by atoms with Gasteiger partial charge < -0.3 is 19.5 Å². The SMILES string of the molecule is CCOCOCC(CC(Cc1cccc(OC)c1)C(=O)NO)NC(=O)c1ccc(Cl)cc1. The number of rotatable bonds is 13. The van der Waals surface area contributed by atoms with Gasteiger partial charge in [-0.3, -0.25) is 14.8 Å². The van der Waals surface area contributed by atoms with Gasteiger partial charge in [-0.1, -0.05) is 23.7 Å². The first-order chi connectivity index (χ1) is 15.5. The molecule has 0 heterocycles. The molecule has 0 aliphatic carbocycles. The van der Waals surface area contributed by atoms with Gasteiger partial charge in [0.15, 0.2) is 0 Å². The highest BCUT2D eigenvalue weighted by atomic mass is 35.5. The number of hydrogen-bond donors (Lipinski definition) is 3. The molecule has 2 aromatic carbocycles. The summed E-state index contributed by atoms with van der Waals surface area (Å²) >= 11 is 5.90. The average molecular weight is 465 g/mol. The monoisotopic (exact) mass is 464 g/mol. The number of nitrogens with one attached hydrogen (secondary N) is 2. The van der Waals surface area contributed by atoms with Crippen LogP contribution in [0.25, 0.3) is 0 Å². The van der Waals surface area contributed by atoms with Crippen molar-refractivity contribution in [3.05, 3.63) is 64.7 Å². The molecule has 0 saturated carbocycles. The van der Waals surface area contributed by atoms with E-state index < -0.39 is 17.9 Å². The van der Waals surface area contributed by atoms with Gasteiger partial charge in [0, 0.05) is 23.1 Å². The second-order valence-corrected chi connectivity index (χ2v) is 7.56. The molecule has 2 amide bonds. The molecule has 9 heteroatoms. The fourth-order valence-corrected chi connectivity index (χ4v) is 3.30. The summed E-state index contributed by atoms with van der Waals surface area (Å²) in [6, 6.07) is 13.3. The third kappa shape index (κ3) is 8.47. The molecule has 0 aliphatic heterocycles. The predicted molar refractivity (Wildman–Crippen MR) is 120 cm³/mol. The van der Waals surface area contributed by atoms with E-state index >= 15 is 0 Å². The molecule has 3 N–H and O–H groups in total. The Balaban J connectivity index is 2.14. The summed E-state index contributed by atoms with van der Waals surface area (Å²) in [5.74, 6) is -0.837. The van der Waals surface area contributed by atoms with Gasteiger partial charge in [-0.05, 0) is 61.7 Å². The van der Waals surface area contributed by atoms with Crippen LogP contribution in [0.1, 0.15) is 29.3 Å². The van der Waals surface area contributed by atoms with Crippen molar-refractivity contribution >= 4 is 23.4 Å². The predicted octanol–water partition coefficient (Wildman–Crippen LogP) is 3.21. The van der Waals surface area contributed by atoms with Crippen molar-refractivity contribution in [1.29, 1.82) is 0 Å². The van der Waals surface area contributed by atoms with E-state index in [1.165, 1.54) is 0 Å². The lowest BCUT2D eigenvalue weighted by Gasteiger charge is -2.24. The topological polar surface area (TPSA) is 106 Å². The van der Waals surface area contributed by atoms with E-state index in [1.807, 2.05) is 25.1 Å². The summed E-state index contributed by atoms with van der Waals surface area (Å²) in [6.45, 7) is 2.54. The molecule has 174 valence electrons. The molecule has 2 atom stereocenters. The zero-order valence-electron chi connectivity index (χ0n) is 18.2. The molecule has 0 spiro atoms. The van der Waals surface area contributed by atoms with Crippen LogP contribution in [0.15, 0.2) is 48.5 Å². The first kappa shape index (κ1) is 25.6. The quantitative estimate of drug-likeness (QED) is 0.182. The van der Waals surface area contributed by atoms with E-state index in [0.29, 0.717) is 29.4 Å². The van der Waals surface area contributed by atoms with Gasteiger partial charge in [-0.2, -0.15) is 0 Å². The first-order valence-electron chi connectivity index (χ1n) is 10.3. The van der Waals surface area contributed by atoms with Crippen LogP contribution in [0.5, 0.6) is 5.75 Å². The molecule has 0 aliphatic rings. The van der Waals surface area contributed by atoms with Crippen molar-refractivity contribution in [1.82, 2.24) is 10.8 Å². The zero-order valence-corrected chi connectivity index (χ0v) is 18.9. The Morgan fingerprint density at radius 3 is 2.53 bits per heavy atom. The van der Waals surface area contributed by atoms with Crippen molar-refractivity contribution in [2.24, 2.45) is 5.92 Å². The Kier molecular flexibility index (Phi) is 11.0. The van der Waals surface area contributed by atoms with Crippen LogP contribution in [-0.2, 0) is 20.7 Å². The highest BCUT2D eigenvalue weighted by Gasteiger charge is 2.25. The maximum absolute atomic E-state index is 12.7. The van der Waals surface area contributed by atoms with Crippen LogP contribution >= 0.6 is 11.6 Å². The van der Waals surface area contributed by atoms with Crippen LogP contribution in [0.3, 0.4) is 0 Å². The Morgan fingerprint density at radius 2 is 1.88 bits per heavy atom. The fourth-order valence-electron chi connectivity index (χ4n) is 3.17. The Labute approximate surface area is 192 Å². The van der Waals surface area contributed by atoms with E-state index in [1.54, 1.807) is 42.9 Å². The van der Waals surface area contributed by atoms with Gasteiger partial charge in [0.2, 0.25) is 5.91 Å². The number of hydroxylamine groups is 1. The summed E-state index contributed by atoms with van der Waals surface area (Å²) in [5.41, 5.74) is 3.01. The lowest BCUT2D eigenvalue weighted by molar-refractivity contribution is -0.134. The number of carbonyl (C=O) groups excluding carboxylic acids is 2. The van der Waals surface area contributed by atoms with E-state index in [9.17, 15) is 14.8 Å². The van der Waals surface area contributed by atoms with E-state index in [2.05, 4.69) is 5.32 Å². The molecule has 0 bridgehead atoms. The van der Waals surface area contributed by atoms with Crippen molar-refractivity contribution in [2.75, 3.05) is 27.1 Å². The molecule has 2 unspecified atom stereocenters. The Morgan fingerprint density at radius 1 is 1.12 bits per heavy atom. The highest BCUT2D eigenvalue weighted by molar-refractivity contribution is 6.30. The van der Waals surface area contributed by atoms with Gasteiger partial charge >= 0.3 is 0 Å². The number of methoxy groups -OCH3 is 1. The average Bonchev–Trinajstić information content (AvgIpc) is 2.81. The van der Waals surface area contributed by atoms with Gasteiger partial charge in [0.1, 0.15) is 12.5 Å². The van der Waals surface area contributed by atoms with Crippen LogP contribution in [0, 0.1) is 5.92 Å². The zero-order chi connectivity index (χ0) is 23.3. The number of halogens is 1. The summed E-state index contributed by atoms with van der Waals surface area (Å²) in [7, 11) is 1.56. The maximum Gasteiger partial charge on any atom is 0.251 e. The smallest absolute Gasteiger partial charge is 0.251 e. The number of carbonyl (C=O) groups is 2. The lowest BCUT2D eigenvalue weighted by Crippen LogP contribution is -2.42. The van der Waals surface area contributed by atoms with Crippen molar-refractivity contribution < 1.29 is 29.0 Å². The van der Waals surface area contributed by atoms with Crippen LogP contribution in [-0.4, -0.2) is 50.2 Å². The van der Waals surface area contributed by atoms with E-state index in [0.717, 1.165) is 5.56 Å². The van der Waals surface area contributed by atoms with Gasteiger partial charge in [0.25, 0.3) is 5.91 Å².